The number of anilines is 1. The number of hydrogen-bond donors (Lipinski definition) is 1. The minimum absolute atomic E-state index is 0.162. The van der Waals surface area contributed by atoms with Crippen molar-refractivity contribution in [3.05, 3.63) is 46.9 Å². The summed E-state index contributed by atoms with van der Waals surface area (Å²) in [7, 11) is 1.73. The van der Waals surface area contributed by atoms with Gasteiger partial charge < -0.3 is 15.0 Å². The van der Waals surface area contributed by atoms with Gasteiger partial charge in [0.1, 0.15) is 24.0 Å². The molecule has 1 fully saturated rings. The summed E-state index contributed by atoms with van der Waals surface area (Å²) < 4.78 is 6.01. The summed E-state index contributed by atoms with van der Waals surface area (Å²) in [6.45, 7) is 6.17. The monoisotopic (exact) mass is 380 g/mol. The molecule has 0 aliphatic carbocycles. The first-order chi connectivity index (χ1) is 13.6. The zero-order valence-electron chi connectivity index (χ0n) is 16.9. The Labute approximate surface area is 166 Å². The van der Waals surface area contributed by atoms with Gasteiger partial charge >= 0.3 is 0 Å². The van der Waals surface area contributed by atoms with Crippen LogP contribution in [0.4, 0.5) is 5.82 Å². The van der Waals surface area contributed by atoms with Gasteiger partial charge in [-0.05, 0) is 37.8 Å². The molecular weight excluding hydrogens is 352 g/mol. The Morgan fingerprint density at radius 1 is 1.25 bits per heavy atom. The number of amides is 1. The molecule has 0 atom stereocenters. The molecule has 1 N–H and O–H groups in total. The van der Waals surface area contributed by atoms with Crippen LogP contribution in [0.15, 0.2) is 24.3 Å². The van der Waals surface area contributed by atoms with Crippen molar-refractivity contribution < 1.29 is 9.53 Å². The van der Waals surface area contributed by atoms with Crippen LogP contribution in [0.1, 0.15) is 48.8 Å². The summed E-state index contributed by atoms with van der Waals surface area (Å²) in [6, 6.07) is 8.17. The maximum atomic E-state index is 12.5. The molecule has 0 saturated carbocycles. The van der Waals surface area contributed by atoms with Crippen molar-refractivity contribution in [2.45, 2.75) is 46.1 Å². The zero-order valence-corrected chi connectivity index (χ0v) is 16.9. The first kappa shape index (κ1) is 18.7. The lowest BCUT2D eigenvalue weighted by atomic mass is 9.75. The van der Waals surface area contributed by atoms with Gasteiger partial charge in [-0.2, -0.15) is 0 Å². The molecule has 0 spiro atoms. The molecule has 1 amide bonds. The van der Waals surface area contributed by atoms with E-state index in [1.807, 2.05) is 25.1 Å². The number of benzene rings is 1. The number of nitrogens with one attached hydrogen (secondary N) is 1. The van der Waals surface area contributed by atoms with Gasteiger partial charge in [-0.15, -0.1) is 0 Å². The van der Waals surface area contributed by atoms with Crippen LogP contribution in [0.5, 0.6) is 5.75 Å². The first-order valence-corrected chi connectivity index (χ1v) is 10.1. The van der Waals surface area contributed by atoms with Crippen molar-refractivity contribution in [1.29, 1.82) is 0 Å². The van der Waals surface area contributed by atoms with Gasteiger partial charge in [-0.25, -0.2) is 9.97 Å². The number of fused-ring (bicyclic) bond motifs is 2. The average Bonchev–Trinajstić information content (AvgIpc) is 2.92. The van der Waals surface area contributed by atoms with E-state index in [0.717, 1.165) is 67.4 Å². The zero-order chi connectivity index (χ0) is 19.7. The summed E-state index contributed by atoms with van der Waals surface area (Å²) >= 11 is 0. The average molecular weight is 380 g/mol. The largest absolute Gasteiger partial charge is 0.487 e. The van der Waals surface area contributed by atoms with Crippen molar-refractivity contribution in [3.63, 3.8) is 0 Å². The van der Waals surface area contributed by atoms with Crippen molar-refractivity contribution in [1.82, 2.24) is 15.3 Å². The number of ether oxygens (including phenoxy) is 1. The summed E-state index contributed by atoms with van der Waals surface area (Å²) in [4.78, 5) is 24.3. The third-order valence-electron chi connectivity index (χ3n) is 6.29. The maximum Gasteiger partial charge on any atom is 0.226 e. The van der Waals surface area contributed by atoms with Gasteiger partial charge in [0.25, 0.3) is 0 Å². The van der Waals surface area contributed by atoms with Gasteiger partial charge in [-0.3, -0.25) is 4.79 Å². The molecule has 0 unspecified atom stereocenters. The lowest BCUT2D eigenvalue weighted by Gasteiger charge is -2.41. The number of aromatic nitrogens is 2. The highest BCUT2D eigenvalue weighted by molar-refractivity contribution is 5.82. The van der Waals surface area contributed by atoms with Crippen molar-refractivity contribution >= 4 is 11.7 Å². The van der Waals surface area contributed by atoms with E-state index < -0.39 is 0 Å². The van der Waals surface area contributed by atoms with Crippen LogP contribution in [-0.4, -0.2) is 36.0 Å². The van der Waals surface area contributed by atoms with Gasteiger partial charge in [0, 0.05) is 32.1 Å². The maximum absolute atomic E-state index is 12.5. The molecule has 0 bridgehead atoms. The van der Waals surface area contributed by atoms with Crippen LogP contribution in [0, 0.1) is 12.3 Å². The Morgan fingerprint density at radius 2 is 2.00 bits per heavy atom. The summed E-state index contributed by atoms with van der Waals surface area (Å²) in [5, 5.41) is 2.86. The Kier molecular flexibility index (Phi) is 4.96. The van der Waals surface area contributed by atoms with Crippen LogP contribution < -0.4 is 15.0 Å². The molecule has 2 aromatic rings. The smallest absolute Gasteiger partial charge is 0.226 e. The number of carbonyl (C=O) groups excluding carboxylic acids is 1. The van der Waals surface area contributed by atoms with E-state index in [4.69, 9.17) is 9.72 Å². The van der Waals surface area contributed by atoms with E-state index in [2.05, 4.69) is 28.2 Å². The van der Waals surface area contributed by atoms with E-state index in [1.54, 1.807) is 7.05 Å². The standard InChI is InChI=1S/C22H28N4O2/c1-4-22(21(27)23-3)9-11-26(12-10-22)20-17-13-16-7-5-6-8-19(16)28-14-18(17)24-15(2)25-20/h5-8H,4,9-14H2,1-3H3,(H,23,27). The highest BCUT2D eigenvalue weighted by atomic mass is 16.5. The first-order valence-electron chi connectivity index (χ1n) is 10.1. The molecule has 2 aliphatic heterocycles. The second-order valence-electron chi connectivity index (χ2n) is 7.79. The number of piperidine rings is 1. The Morgan fingerprint density at radius 3 is 2.71 bits per heavy atom. The second-order valence-corrected chi connectivity index (χ2v) is 7.79. The summed E-state index contributed by atoms with van der Waals surface area (Å²) in [6.07, 6.45) is 3.32. The van der Waals surface area contributed by atoms with Crippen molar-refractivity contribution in [3.8, 4) is 5.75 Å². The van der Waals surface area contributed by atoms with Crippen LogP contribution >= 0.6 is 0 Å². The van der Waals surface area contributed by atoms with Gasteiger partial charge in [0.2, 0.25) is 5.91 Å². The fourth-order valence-electron chi connectivity index (χ4n) is 4.48. The Balaban J connectivity index is 1.65. The molecule has 148 valence electrons. The second kappa shape index (κ2) is 7.41. The number of para-hydroxylation sites is 1. The van der Waals surface area contributed by atoms with Crippen molar-refractivity contribution in [2.75, 3.05) is 25.0 Å². The predicted molar refractivity (Wildman–Crippen MR) is 109 cm³/mol. The molecule has 4 rings (SSSR count). The minimum Gasteiger partial charge on any atom is -0.487 e. The highest BCUT2D eigenvalue weighted by Gasteiger charge is 2.40. The highest BCUT2D eigenvalue weighted by Crippen LogP contribution is 2.38. The SMILES string of the molecule is CCC1(C(=O)NC)CCN(c2nc(C)nc3c2Cc2ccccc2OC3)CC1. The van der Waals surface area contributed by atoms with Gasteiger partial charge in [0.05, 0.1) is 11.1 Å². The van der Waals surface area contributed by atoms with E-state index in [0.29, 0.717) is 6.61 Å². The number of rotatable bonds is 3. The molecule has 1 saturated heterocycles. The van der Waals surface area contributed by atoms with E-state index >= 15 is 0 Å². The molecule has 1 aromatic carbocycles. The molecule has 6 heteroatoms. The molecule has 2 aliphatic rings. The van der Waals surface area contributed by atoms with Crippen LogP contribution in [0.3, 0.4) is 0 Å². The normalized spacial score (nSPS) is 17.8. The molecule has 1 aromatic heterocycles. The summed E-state index contributed by atoms with van der Waals surface area (Å²) in [5.74, 6) is 2.85. The Bertz CT molecular complexity index is 888. The molecule has 0 radical (unpaired) electrons. The lowest BCUT2D eigenvalue weighted by molar-refractivity contribution is -0.132. The fraction of sp³-hybridized carbons (Fsp3) is 0.500. The molecular formula is C22H28N4O2. The van der Waals surface area contributed by atoms with E-state index in [9.17, 15) is 4.79 Å². The van der Waals surface area contributed by atoms with Crippen molar-refractivity contribution in [2.24, 2.45) is 5.41 Å². The fourth-order valence-corrected chi connectivity index (χ4v) is 4.48. The minimum atomic E-state index is -0.264. The van der Waals surface area contributed by atoms with Gasteiger partial charge in [0.15, 0.2) is 0 Å². The number of hydrogen-bond acceptors (Lipinski definition) is 5. The molecule has 6 nitrogen and oxygen atoms in total. The lowest BCUT2D eigenvalue weighted by Crippen LogP contribution is -2.48. The predicted octanol–water partition coefficient (Wildman–Crippen LogP) is 3.01. The van der Waals surface area contributed by atoms with Crippen LogP contribution in [0.2, 0.25) is 0 Å². The van der Waals surface area contributed by atoms with E-state index in [1.165, 1.54) is 5.56 Å². The third-order valence-corrected chi connectivity index (χ3v) is 6.29. The number of carbonyl (C=O) groups is 1. The quantitative estimate of drug-likeness (QED) is 0.887. The molecule has 28 heavy (non-hydrogen) atoms. The third kappa shape index (κ3) is 3.21. The number of aryl methyl sites for hydroxylation is 1. The molecule has 3 heterocycles. The number of nitrogens with zero attached hydrogens (tertiary/aromatic N) is 3. The summed E-state index contributed by atoms with van der Waals surface area (Å²) in [5.41, 5.74) is 3.03. The van der Waals surface area contributed by atoms with Crippen LogP contribution in [-0.2, 0) is 17.8 Å². The van der Waals surface area contributed by atoms with Crippen LogP contribution in [0.25, 0.3) is 0 Å². The van der Waals surface area contributed by atoms with Gasteiger partial charge in [-0.1, -0.05) is 25.1 Å². The topological polar surface area (TPSA) is 67.4 Å². The Hall–Kier alpha value is -2.63. The van der Waals surface area contributed by atoms with E-state index in [-0.39, 0.29) is 11.3 Å².